The third kappa shape index (κ3) is 4.00. The van der Waals surface area contributed by atoms with E-state index in [1.165, 1.54) is 24.4 Å². The van der Waals surface area contributed by atoms with Crippen LogP contribution in [-0.2, 0) is 15.0 Å². The summed E-state index contributed by atoms with van der Waals surface area (Å²) in [4.78, 5) is 31.9. The summed E-state index contributed by atoms with van der Waals surface area (Å²) < 4.78 is 5.55. The number of aromatic nitrogens is 1. The van der Waals surface area contributed by atoms with Crippen LogP contribution >= 0.6 is 0 Å². The number of Topliss-reactive ketones (excluding diaryl/α,β-unsaturated/α-hetero) is 1. The number of ketones is 1. The number of ether oxygens (including phenoxy) is 1. The molecule has 2 aromatic carbocycles. The number of benzene rings is 2. The number of pyridine rings is 1. The summed E-state index contributed by atoms with van der Waals surface area (Å²) in [6.45, 7) is 6.33. The van der Waals surface area contributed by atoms with Gasteiger partial charge < -0.3 is 9.84 Å². The van der Waals surface area contributed by atoms with Gasteiger partial charge in [-0.2, -0.15) is 0 Å². The minimum Gasteiger partial charge on any atom is -0.507 e. The van der Waals surface area contributed by atoms with E-state index in [1.54, 1.807) is 24.3 Å². The van der Waals surface area contributed by atoms with E-state index in [2.05, 4.69) is 25.8 Å². The monoisotopic (exact) mass is 442 g/mol. The first-order valence-electron chi connectivity index (χ1n) is 10.7. The van der Waals surface area contributed by atoms with Crippen LogP contribution in [0.4, 0.5) is 5.69 Å². The quantitative estimate of drug-likeness (QED) is 0.349. The van der Waals surface area contributed by atoms with E-state index >= 15 is 0 Å². The van der Waals surface area contributed by atoms with Gasteiger partial charge in [0, 0.05) is 29.2 Å². The van der Waals surface area contributed by atoms with Gasteiger partial charge in [-0.25, -0.2) is 0 Å². The van der Waals surface area contributed by atoms with Crippen LogP contribution in [0.1, 0.15) is 43.5 Å². The van der Waals surface area contributed by atoms with E-state index in [1.807, 2.05) is 36.4 Å². The molecular formula is C27H26N2O4. The zero-order valence-corrected chi connectivity index (χ0v) is 19.1. The molecule has 1 aliphatic heterocycles. The van der Waals surface area contributed by atoms with Gasteiger partial charge in [0.25, 0.3) is 11.7 Å². The molecule has 1 aliphatic rings. The van der Waals surface area contributed by atoms with Gasteiger partial charge in [-0.1, -0.05) is 51.1 Å². The molecular weight excluding hydrogens is 416 g/mol. The van der Waals surface area contributed by atoms with Crippen LogP contribution in [0.2, 0.25) is 0 Å². The summed E-state index contributed by atoms with van der Waals surface area (Å²) in [5.74, 6) is -1.19. The number of carbonyl (C=O) groups excluding carboxylic acids is 2. The van der Waals surface area contributed by atoms with Crippen molar-refractivity contribution in [2.45, 2.75) is 32.2 Å². The Balaban J connectivity index is 1.94. The maximum Gasteiger partial charge on any atom is 0.300 e. The largest absolute Gasteiger partial charge is 0.507 e. The van der Waals surface area contributed by atoms with Gasteiger partial charge in [-0.05, 0) is 41.3 Å². The number of hydrogen-bond acceptors (Lipinski definition) is 5. The second-order valence-corrected chi connectivity index (χ2v) is 8.94. The van der Waals surface area contributed by atoms with Crippen molar-refractivity contribution in [2.24, 2.45) is 0 Å². The SMILES string of the molecule is COc1ccccc1C1/C(=C(\O)c2ccncc2)C(=O)C(=O)N1c1ccc(C(C)(C)C)cc1. The minimum absolute atomic E-state index is 0.00981. The van der Waals surface area contributed by atoms with E-state index in [9.17, 15) is 14.7 Å². The van der Waals surface area contributed by atoms with Crippen LogP contribution in [-0.4, -0.2) is 28.9 Å². The molecule has 0 aliphatic carbocycles. The Bertz CT molecular complexity index is 1220. The van der Waals surface area contributed by atoms with Crippen molar-refractivity contribution in [3.63, 3.8) is 0 Å². The topological polar surface area (TPSA) is 79.7 Å². The Morgan fingerprint density at radius 2 is 1.61 bits per heavy atom. The predicted molar refractivity (Wildman–Crippen MR) is 127 cm³/mol. The van der Waals surface area contributed by atoms with E-state index in [0.29, 0.717) is 22.6 Å². The second kappa shape index (κ2) is 8.54. The van der Waals surface area contributed by atoms with Crippen molar-refractivity contribution < 1.29 is 19.4 Å². The standard InChI is InChI=1S/C27H26N2O4/c1-27(2,3)18-9-11-19(12-10-18)29-23(20-7-5-6-8-21(20)33-4)22(25(31)26(29)32)24(30)17-13-15-28-16-14-17/h5-16,23,30H,1-4H3/b24-22+. The van der Waals surface area contributed by atoms with Gasteiger partial charge in [0.15, 0.2) is 0 Å². The molecule has 1 saturated heterocycles. The number of para-hydroxylation sites is 1. The third-order valence-corrected chi connectivity index (χ3v) is 5.84. The molecule has 4 rings (SSSR count). The van der Waals surface area contributed by atoms with Crippen LogP contribution in [0.15, 0.2) is 78.6 Å². The zero-order valence-electron chi connectivity index (χ0n) is 19.1. The van der Waals surface area contributed by atoms with Crippen LogP contribution in [0.3, 0.4) is 0 Å². The first-order chi connectivity index (χ1) is 15.7. The lowest BCUT2D eigenvalue weighted by molar-refractivity contribution is -0.132. The highest BCUT2D eigenvalue weighted by Crippen LogP contribution is 2.45. The third-order valence-electron chi connectivity index (χ3n) is 5.84. The molecule has 6 heteroatoms. The zero-order chi connectivity index (χ0) is 23.8. The summed E-state index contributed by atoms with van der Waals surface area (Å²) >= 11 is 0. The molecule has 6 nitrogen and oxygen atoms in total. The van der Waals surface area contributed by atoms with Gasteiger partial charge >= 0.3 is 0 Å². The Kier molecular flexibility index (Phi) is 5.77. The number of hydrogen-bond donors (Lipinski definition) is 1. The highest BCUT2D eigenvalue weighted by molar-refractivity contribution is 6.51. The molecule has 0 spiro atoms. The smallest absolute Gasteiger partial charge is 0.300 e. The Labute approximate surface area is 193 Å². The maximum atomic E-state index is 13.3. The van der Waals surface area contributed by atoms with Crippen molar-refractivity contribution in [1.29, 1.82) is 0 Å². The maximum absolute atomic E-state index is 13.3. The van der Waals surface area contributed by atoms with Crippen molar-refractivity contribution in [3.8, 4) is 5.75 Å². The Morgan fingerprint density at radius 3 is 2.21 bits per heavy atom. The first kappa shape index (κ1) is 22.3. The lowest BCUT2D eigenvalue weighted by atomic mass is 9.87. The molecule has 1 unspecified atom stereocenters. The number of aliphatic hydroxyl groups excluding tert-OH is 1. The average molecular weight is 443 g/mol. The summed E-state index contributed by atoms with van der Waals surface area (Å²) in [6.07, 6.45) is 3.04. The highest BCUT2D eigenvalue weighted by atomic mass is 16.5. The lowest BCUT2D eigenvalue weighted by Gasteiger charge is -2.27. The molecule has 3 aromatic rings. The summed E-state index contributed by atoms with van der Waals surface area (Å²) in [7, 11) is 1.53. The Morgan fingerprint density at radius 1 is 0.970 bits per heavy atom. The van der Waals surface area contributed by atoms with Gasteiger partial charge in [0.1, 0.15) is 11.5 Å². The van der Waals surface area contributed by atoms with Crippen LogP contribution in [0.25, 0.3) is 5.76 Å². The fourth-order valence-electron chi connectivity index (χ4n) is 4.07. The van der Waals surface area contributed by atoms with E-state index in [-0.39, 0.29) is 16.7 Å². The van der Waals surface area contributed by atoms with E-state index in [4.69, 9.17) is 4.74 Å². The predicted octanol–water partition coefficient (Wildman–Crippen LogP) is 5.01. The molecule has 0 radical (unpaired) electrons. The van der Waals surface area contributed by atoms with Crippen molar-refractivity contribution in [3.05, 3.63) is 95.3 Å². The summed E-state index contributed by atoms with van der Waals surface area (Å²) in [6, 6.07) is 17.1. The van der Waals surface area contributed by atoms with Gasteiger partial charge in [0.2, 0.25) is 0 Å². The van der Waals surface area contributed by atoms with Gasteiger partial charge in [-0.3, -0.25) is 19.5 Å². The first-order valence-corrected chi connectivity index (χ1v) is 10.7. The van der Waals surface area contributed by atoms with Gasteiger partial charge in [-0.15, -0.1) is 0 Å². The Hall–Kier alpha value is -3.93. The molecule has 0 bridgehead atoms. The fourth-order valence-corrected chi connectivity index (χ4v) is 4.07. The summed E-state index contributed by atoms with van der Waals surface area (Å²) in [5, 5.41) is 11.1. The highest BCUT2D eigenvalue weighted by Gasteiger charge is 2.47. The fraction of sp³-hybridized carbons (Fsp3) is 0.222. The van der Waals surface area contributed by atoms with Crippen LogP contribution in [0.5, 0.6) is 5.75 Å². The van der Waals surface area contributed by atoms with Crippen LogP contribution in [0, 0.1) is 0 Å². The molecule has 1 aromatic heterocycles. The minimum atomic E-state index is -0.852. The molecule has 0 saturated carbocycles. The summed E-state index contributed by atoms with van der Waals surface area (Å²) in [5.41, 5.74) is 2.63. The number of amides is 1. The van der Waals surface area contributed by atoms with Crippen molar-refractivity contribution in [2.75, 3.05) is 12.0 Å². The number of nitrogens with zero attached hydrogens (tertiary/aromatic N) is 2. The van der Waals surface area contributed by atoms with Crippen molar-refractivity contribution >= 4 is 23.1 Å². The molecule has 1 atom stereocenters. The number of rotatable bonds is 4. The number of carbonyl (C=O) groups is 2. The number of anilines is 1. The molecule has 1 amide bonds. The van der Waals surface area contributed by atoms with Crippen LogP contribution < -0.4 is 9.64 Å². The van der Waals surface area contributed by atoms with E-state index < -0.39 is 17.7 Å². The molecule has 2 heterocycles. The second-order valence-electron chi connectivity index (χ2n) is 8.94. The lowest BCUT2D eigenvalue weighted by Crippen LogP contribution is -2.29. The molecule has 1 N–H and O–H groups in total. The van der Waals surface area contributed by atoms with Crippen molar-refractivity contribution in [1.82, 2.24) is 4.98 Å². The normalized spacial score (nSPS) is 17.9. The number of methoxy groups -OCH3 is 1. The van der Waals surface area contributed by atoms with E-state index in [0.717, 1.165) is 5.56 Å². The molecule has 33 heavy (non-hydrogen) atoms. The average Bonchev–Trinajstić information content (AvgIpc) is 3.09. The molecule has 168 valence electrons. The number of aliphatic hydroxyl groups is 1. The van der Waals surface area contributed by atoms with Gasteiger partial charge in [0.05, 0.1) is 18.7 Å². The molecule has 1 fully saturated rings.